The first kappa shape index (κ1) is 21.1. The Balaban J connectivity index is 1.37. The van der Waals surface area contributed by atoms with E-state index >= 15 is 0 Å². The third-order valence-electron chi connectivity index (χ3n) is 6.30. The molecule has 0 saturated carbocycles. The molecule has 1 aliphatic heterocycles. The van der Waals surface area contributed by atoms with Crippen LogP contribution in [0.4, 0.5) is 0 Å². The van der Waals surface area contributed by atoms with Crippen LogP contribution in [0.25, 0.3) is 10.9 Å². The molecule has 0 unspecified atom stereocenters. The van der Waals surface area contributed by atoms with Gasteiger partial charge in [-0.25, -0.2) is 0 Å². The van der Waals surface area contributed by atoms with E-state index in [1.165, 1.54) is 5.56 Å². The van der Waals surface area contributed by atoms with E-state index < -0.39 is 0 Å². The maximum Gasteiger partial charge on any atom is 0.231 e. The summed E-state index contributed by atoms with van der Waals surface area (Å²) in [5, 5.41) is 4.32. The van der Waals surface area contributed by atoms with Gasteiger partial charge in [-0.15, -0.1) is 0 Å². The molecule has 0 fully saturated rings. The van der Waals surface area contributed by atoms with Gasteiger partial charge in [0.1, 0.15) is 0 Å². The highest BCUT2D eigenvalue weighted by Gasteiger charge is 2.28. The number of benzene rings is 3. The van der Waals surface area contributed by atoms with Crippen LogP contribution < -0.4 is 14.8 Å². The van der Waals surface area contributed by atoms with Crippen LogP contribution in [0.15, 0.2) is 79.0 Å². The van der Waals surface area contributed by atoms with E-state index in [-0.39, 0.29) is 24.7 Å². The lowest BCUT2D eigenvalue weighted by atomic mass is 9.87. The lowest BCUT2D eigenvalue weighted by Gasteiger charge is -2.20. The number of hydrogen-bond acceptors (Lipinski definition) is 3. The number of rotatable bonds is 8. The van der Waals surface area contributed by atoms with Crippen molar-refractivity contribution in [1.29, 1.82) is 0 Å². The van der Waals surface area contributed by atoms with E-state index in [0.717, 1.165) is 46.4 Å². The van der Waals surface area contributed by atoms with Crippen LogP contribution in [-0.2, 0) is 11.2 Å². The summed E-state index contributed by atoms with van der Waals surface area (Å²) < 4.78 is 11.4. The second kappa shape index (κ2) is 9.41. The van der Waals surface area contributed by atoms with Crippen molar-refractivity contribution in [3.63, 3.8) is 0 Å². The summed E-state index contributed by atoms with van der Waals surface area (Å²) in [6.45, 7) is 2.27. The Bertz CT molecular complexity index is 1250. The summed E-state index contributed by atoms with van der Waals surface area (Å²) in [6, 6.07) is 24.5. The molecule has 33 heavy (non-hydrogen) atoms. The number of fused-ring (bicyclic) bond motifs is 2. The van der Waals surface area contributed by atoms with Crippen molar-refractivity contribution < 1.29 is 14.3 Å². The second-order valence-corrected chi connectivity index (χ2v) is 8.62. The van der Waals surface area contributed by atoms with E-state index in [1.807, 2.05) is 42.6 Å². The van der Waals surface area contributed by atoms with Gasteiger partial charge in [0.15, 0.2) is 11.5 Å². The molecule has 3 aromatic carbocycles. The fourth-order valence-corrected chi connectivity index (χ4v) is 4.62. The van der Waals surface area contributed by atoms with Gasteiger partial charge >= 0.3 is 0 Å². The summed E-state index contributed by atoms with van der Waals surface area (Å²) in [5.41, 5.74) is 4.40. The number of ether oxygens (including phenoxy) is 2. The van der Waals surface area contributed by atoms with Gasteiger partial charge in [-0.05, 0) is 43.0 Å². The highest BCUT2D eigenvalue weighted by Crippen LogP contribution is 2.44. The smallest absolute Gasteiger partial charge is 0.231 e. The highest BCUT2D eigenvalue weighted by molar-refractivity contribution is 5.86. The number of aromatic nitrogens is 1. The van der Waals surface area contributed by atoms with E-state index in [0.29, 0.717) is 6.42 Å². The topological polar surface area (TPSA) is 63.4 Å². The van der Waals surface area contributed by atoms with Crippen LogP contribution in [0.3, 0.4) is 0 Å². The van der Waals surface area contributed by atoms with Gasteiger partial charge < -0.3 is 19.8 Å². The number of amides is 1. The summed E-state index contributed by atoms with van der Waals surface area (Å²) in [7, 11) is 0. The van der Waals surface area contributed by atoms with Gasteiger partial charge in [-0.3, -0.25) is 4.79 Å². The van der Waals surface area contributed by atoms with Crippen molar-refractivity contribution in [3.8, 4) is 11.5 Å². The fourth-order valence-electron chi connectivity index (χ4n) is 4.62. The number of para-hydroxylation sites is 2. The first-order chi connectivity index (χ1) is 16.2. The van der Waals surface area contributed by atoms with Gasteiger partial charge in [-0.1, -0.05) is 60.7 Å². The third kappa shape index (κ3) is 4.58. The Morgan fingerprint density at radius 2 is 1.79 bits per heavy atom. The molecule has 4 aromatic rings. The highest BCUT2D eigenvalue weighted by atomic mass is 16.7. The summed E-state index contributed by atoms with van der Waals surface area (Å²) in [4.78, 5) is 16.5. The zero-order valence-corrected chi connectivity index (χ0v) is 18.7. The van der Waals surface area contributed by atoms with Crippen LogP contribution in [0, 0.1) is 0 Å². The molecule has 1 aromatic heterocycles. The summed E-state index contributed by atoms with van der Waals surface area (Å²) >= 11 is 0. The zero-order chi connectivity index (χ0) is 22.6. The molecule has 168 valence electrons. The fraction of sp³-hybridized carbons (Fsp3) is 0.250. The van der Waals surface area contributed by atoms with Gasteiger partial charge in [0.05, 0.1) is 0 Å². The Morgan fingerprint density at radius 3 is 2.67 bits per heavy atom. The lowest BCUT2D eigenvalue weighted by molar-refractivity contribution is -0.121. The van der Waals surface area contributed by atoms with Crippen molar-refractivity contribution in [2.45, 2.75) is 38.1 Å². The molecule has 0 bridgehead atoms. The number of hydrogen-bond donors (Lipinski definition) is 2. The SMILES string of the molecule is C[C@H](CCc1ccccc1)NC(=O)C[C@H](c1cccc2c1OCO2)c1c[nH]c2ccccc12. The Morgan fingerprint density at radius 1 is 0.970 bits per heavy atom. The van der Waals surface area contributed by atoms with E-state index in [4.69, 9.17) is 9.47 Å². The quantitative estimate of drug-likeness (QED) is 0.377. The molecule has 0 saturated heterocycles. The van der Waals surface area contributed by atoms with Gasteiger partial charge in [0.25, 0.3) is 0 Å². The van der Waals surface area contributed by atoms with Crippen LogP contribution in [-0.4, -0.2) is 23.7 Å². The molecular formula is C28H28N2O3. The third-order valence-corrected chi connectivity index (χ3v) is 6.30. The molecule has 5 heteroatoms. The minimum absolute atomic E-state index is 0.0300. The molecule has 0 aliphatic carbocycles. The number of carbonyl (C=O) groups is 1. The van der Waals surface area contributed by atoms with E-state index in [9.17, 15) is 4.79 Å². The molecule has 0 radical (unpaired) electrons. The normalized spacial score (nSPS) is 14.2. The first-order valence-corrected chi connectivity index (χ1v) is 11.5. The molecule has 1 aliphatic rings. The Hall–Kier alpha value is -3.73. The van der Waals surface area contributed by atoms with Gasteiger partial charge in [0, 0.05) is 41.0 Å². The minimum atomic E-state index is -0.154. The van der Waals surface area contributed by atoms with Crippen LogP contribution in [0.2, 0.25) is 0 Å². The minimum Gasteiger partial charge on any atom is -0.454 e. The number of H-pyrrole nitrogens is 1. The molecule has 2 atom stereocenters. The van der Waals surface area contributed by atoms with Crippen molar-refractivity contribution in [2.24, 2.45) is 0 Å². The Labute approximate surface area is 193 Å². The average molecular weight is 441 g/mol. The first-order valence-electron chi connectivity index (χ1n) is 11.5. The number of aromatic amines is 1. The largest absolute Gasteiger partial charge is 0.454 e. The summed E-state index contributed by atoms with van der Waals surface area (Å²) in [5.74, 6) is 1.34. The molecule has 1 amide bonds. The standard InChI is InChI=1S/C28H28N2O3/c1-19(14-15-20-8-3-2-4-9-20)30-27(31)16-23(22-11-7-13-26-28(22)33-18-32-26)24-17-29-25-12-6-5-10-21(24)25/h2-13,17,19,23,29H,14-16,18H2,1H3,(H,30,31)/t19-,23-/m1/s1. The number of carbonyl (C=O) groups excluding carboxylic acids is 1. The van der Waals surface area contributed by atoms with Crippen molar-refractivity contribution >= 4 is 16.8 Å². The van der Waals surface area contributed by atoms with Gasteiger partial charge in [0.2, 0.25) is 12.7 Å². The molecule has 0 spiro atoms. The monoisotopic (exact) mass is 440 g/mol. The molecular weight excluding hydrogens is 412 g/mol. The van der Waals surface area contributed by atoms with Crippen LogP contribution >= 0.6 is 0 Å². The number of nitrogens with one attached hydrogen (secondary N) is 2. The van der Waals surface area contributed by atoms with Crippen LogP contribution in [0.1, 0.15) is 42.4 Å². The maximum absolute atomic E-state index is 13.2. The second-order valence-electron chi connectivity index (χ2n) is 8.62. The summed E-state index contributed by atoms with van der Waals surface area (Å²) in [6.07, 6.45) is 4.17. The van der Waals surface area contributed by atoms with E-state index in [2.05, 4.69) is 53.6 Å². The maximum atomic E-state index is 13.2. The van der Waals surface area contributed by atoms with E-state index in [1.54, 1.807) is 0 Å². The molecule has 5 rings (SSSR count). The molecule has 5 nitrogen and oxygen atoms in total. The predicted molar refractivity (Wildman–Crippen MR) is 130 cm³/mol. The van der Waals surface area contributed by atoms with Crippen LogP contribution in [0.5, 0.6) is 11.5 Å². The van der Waals surface area contributed by atoms with Crippen molar-refractivity contribution in [1.82, 2.24) is 10.3 Å². The Kier molecular flexibility index (Phi) is 6.03. The van der Waals surface area contributed by atoms with Gasteiger partial charge in [-0.2, -0.15) is 0 Å². The van der Waals surface area contributed by atoms with Crippen molar-refractivity contribution in [2.75, 3.05) is 6.79 Å². The zero-order valence-electron chi connectivity index (χ0n) is 18.7. The van der Waals surface area contributed by atoms with Crippen molar-refractivity contribution in [3.05, 3.63) is 95.7 Å². The molecule has 2 N–H and O–H groups in total. The molecule has 2 heterocycles. The average Bonchev–Trinajstić information content (AvgIpc) is 3.49. The lowest BCUT2D eigenvalue weighted by Crippen LogP contribution is -2.33. The predicted octanol–water partition coefficient (Wildman–Crippen LogP) is 5.56. The number of aryl methyl sites for hydroxylation is 1.